The smallest absolute Gasteiger partial charge is 0.255 e. The topological polar surface area (TPSA) is 94.0 Å². The molecular formula is C22H24N6O2S. The summed E-state index contributed by atoms with van der Waals surface area (Å²) < 4.78 is 7.42. The highest BCUT2D eigenvalue weighted by atomic mass is 32.2. The van der Waals surface area contributed by atoms with Crippen molar-refractivity contribution in [3.8, 4) is 5.75 Å². The summed E-state index contributed by atoms with van der Waals surface area (Å²) in [6, 6.07) is 10.7. The summed E-state index contributed by atoms with van der Waals surface area (Å²) in [6.45, 7) is 6.34. The first-order chi connectivity index (χ1) is 15.1. The maximum atomic E-state index is 13.5. The van der Waals surface area contributed by atoms with Crippen LogP contribution in [0, 0.1) is 0 Å². The molecule has 0 fully saturated rings. The van der Waals surface area contributed by atoms with Crippen LogP contribution in [0.25, 0.3) is 0 Å². The molecule has 0 radical (unpaired) electrons. The number of para-hydroxylation sites is 2. The maximum absolute atomic E-state index is 13.5. The van der Waals surface area contributed by atoms with E-state index in [0.717, 1.165) is 11.3 Å². The lowest BCUT2D eigenvalue weighted by atomic mass is 9.96. The van der Waals surface area contributed by atoms with Gasteiger partial charge in [0.2, 0.25) is 11.1 Å². The van der Waals surface area contributed by atoms with Gasteiger partial charge in [-0.15, -0.1) is 5.10 Å². The average Bonchev–Trinajstić information content (AvgIpc) is 3.17. The number of carbonyl (C=O) groups is 1. The van der Waals surface area contributed by atoms with Crippen LogP contribution in [0.15, 0.2) is 65.2 Å². The number of carbonyl (C=O) groups excluding carboxylic acids is 1. The van der Waals surface area contributed by atoms with Crippen molar-refractivity contribution in [2.45, 2.75) is 32.0 Å². The third kappa shape index (κ3) is 4.27. The Balaban J connectivity index is 1.75. The van der Waals surface area contributed by atoms with Crippen molar-refractivity contribution in [3.05, 3.63) is 65.6 Å². The van der Waals surface area contributed by atoms with Crippen molar-refractivity contribution in [2.75, 3.05) is 23.0 Å². The van der Waals surface area contributed by atoms with Gasteiger partial charge in [0.05, 0.1) is 17.9 Å². The molecule has 9 heteroatoms. The number of aromatic nitrogens is 4. The molecule has 1 aromatic carbocycles. The molecule has 1 aliphatic rings. The third-order valence-electron chi connectivity index (χ3n) is 4.79. The van der Waals surface area contributed by atoms with Crippen molar-refractivity contribution < 1.29 is 9.53 Å². The summed E-state index contributed by atoms with van der Waals surface area (Å²) in [7, 11) is 0. The minimum atomic E-state index is -0.456. The van der Waals surface area contributed by atoms with Crippen LogP contribution in [-0.2, 0) is 4.79 Å². The second-order valence-corrected chi connectivity index (χ2v) is 8.06. The van der Waals surface area contributed by atoms with Crippen molar-refractivity contribution in [1.29, 1.82) is 0 Å². The lowest BCUT2D eigenvalue weighted by molar-refractivity contribution is -0.113. The molecule has 3 aromatic rings. The van der Waals surface area contributed by atoms with Crippen molar-refractivity contribution in [3.63, 3.8) is 0 Å². The van der Waals surface area contributed by atoms with E-state index < -0.39 is 6.04 Å². The van der Waals surface area contributed by atoms with E-state index in [-0.39, 0.29) is 5.91 Å². The number of pyridine rings is 1. The number of thioether (sulfide) groups is 1. The molecule has 1 atom stereocenters. The monoisotopic (exact) mass is 436 g/mol. The highest BCUT2D eigenvalue weighted by Crippen LogP contribution is 2.37. The predicted molar refractivity (Wildman–Crippen MR) is 121 cm³/mol. The van der Waals surface area contributed by atoms with E-state index in [1.54, 1.807) is 28.8 Å². The van der Waals surface area contributed by atoms with Crippen LogP contribution in [0.1, 0.15) is 32.4 Å². The molecule has 2 aromatic heterocycles. The van der Waals surface area contributed by atoms with Gasteiger partial charge >= 0.3 is 0 Å². The maximum Gasteiger partial charge on any atom is 0.255 e. The largest absolute Gasteiger partial charge is 0.492 e. The van der Waals surface area contributed by atoms with Gasteiger partial charge in [-0.3, -0.25) is 9.78 Å². The van der Waals surface area contributed by atoms with Gasteiger partial charge in [0.15, 0.2) is 0 Å². The number of hydrogen-bond acceptors (Lipinski definition) is 7. The molecule has 160 valence electrons. The van der Waals surface area contributed by atoms with Gasteiger partial charge in [0.25, 0.3) is 5.91 Å². The molecule has 2 N–H and O–H groups in total. The molecule has 0 spiro atoms. The second kappa shape index (κ2) is 9.22. The Morgan fingerprint density at radius 3 is 2.84 bits per heavy atom. The highest BCUT2D eigenvalue weighted by Gasteiger charge is 2.34. The van der Waals surface area contributed by atoms with Crippen LogP contribution in [0.4, 0.5) is 11.6 Å². The SMILES string of the molecule is CCOc1ccccc1NC(=O)C1=C(C)Nc2nc(SCC)nn2[C@H]1c1cccnc1. The molecule has 0 aliphatic carbocycles. The molecule has 8 nitrogen and oxygen atoms in total. The number of nitrogens with zero attached hydrogens (tertiary/aromatic N) is 4. The summed E-state index contributed by atoms with van der Waals surface area (Å²) in [5.41, 5.74) is 2.73. The van der Waals surface area contributed by atoms with Crippen LogP contribution in [0.2, 0.25) is 0 Å². The number of nitrogens with one attached hydrogen (secondary N) is 2. The van der Waals surface area contributed by atoms with E-state index in [0.29, 0.717) is 40.4 Å². The minimum absolute atomic E-state index is 0.239. The Labute approximate surface area is 185 Å². The Kier molecular flexibility index (Phi) is 6.22. The molecule has 3 heterocycles. The van der Waals surface area contributed by atoms with E-state index in [4.69, 9.17) is 4.74 Å². The zero-order valence-corrected chi connectivity index (χ0v) is 18.4. The van der Waals surface area contributed by atoms with Gasteiger partial charge in [-0.25, -0.2) is 4.68 Å². The lowest BCUT2D eigenvalue weighted by Crippen LogP contribution is -2.31. The van der Waals surface area contributed by atoms with Crippen LogP contribution in [0.3, 0.4) is 0 Å². The highest BCUT2D eigenvalue weighted by molar-refractivity contribution is 7.99. The van der Waals surface area contributed by atoms with Crippen LogP contribution < -0.4 is 15.4 Å². The van der Waals surface area contributed by atoms with Crippen molar-refractivity contribution >= 4 is 29.3 Å². The molecule has 31 heavy (non-hydrogen) atoms. The van der Waals surface area contributed by atoms with Crippen LogP contribution >= 0.6 is 11.8 Å². The number of hydrogen-bond donors (Lipinski definition) is 2. The molecule has 0 bridgehead atoms. The van der Waals surface area contributed by atoms with Crippen molar-refractivity contribution in [1.82, 2.24) is 19.7 Å². The predicted octanol–water partition coefficient (Wildman–Crippen LogP) is 4.11. The lowest BCUT2D eigenvalue weighted by Gasteiger charge is -2.28. The van der Waals surface area contributed by atoms with E-state index in [1.807, 2.05) is 50.2 Å². The number of fused-ring (bicyclic) bond motifs is 1. The average molecular weight is 437 g/mol. The molecule has 0 saturated carbocycles. The first-order valence-electron chi connectivity index (χ1n) is 10.1. The second-order valence-electron chi connectivity index (χ2n) is 6.83. The fourth-order valence-corrected chi connectivity index (χ4v) is 4.06. The molecule has 0 unspecified atom stereocenters. The molecule has 1 aliphatic heterocycles. The van der Waals surface area contributed by atoms with Gasteiger partial charge in [-0.2, -0.15) is 4.98 Å². The standard InChI is InChI=1S/C22H24N6O2S/c1-4-30-17-11-7-6-10-16(17)25-20(29)18-14(3)24-21-26-22(31-5-2)27-28(21)19(18)15-9-8-12-23-13-15/h6-13,19H,4-5H2,1-3H3,(H,25,29)(H,24,26,27)/t19-/m0/s1. The summed E-state index contributed by atoms with van der Waals surface area (Å²) in [5.74, 6) is 1.85. The summed E-state index contributed by atoms with van der Waals surface area (Å²) in [6.07, 6.45) is 3.46. The van der Waals surface area contributed by atoms with E-state index in [2.05, 4.69) is 32.6 Å². The quantitative estimate of drug-likeness (QED) is 0.538. The number of benzene rings is 1. The number of amides is 1. The van der Waals surface area contributed by atoms with Gasteiger partial charge in [-0.05, 0) is 43.4 Å². The fraction of sp³-hybridized carbons (Fsp3) is 0.273. The minimum Gasteiger partial charge on any atom is -0.492 e. The Morgan fingerprint density at radius 1 is 1.26 bits per heavy atom. The zero-order valence-electron chi connectivity index (χ0n) is 17.6. The molecule has 4 rings (SSSR count). The van der Waals surface area contributed by atoms with E-state index in [1.165, 1.54) is 0 Å². The van der Waals surface area contributed by atoms with Crippen molar-refractivity contribution in [2.24, 2.45) is 0 Å². The summed E-state index contributed by atoms with van der Waals surface area (Å²) in [4.78, 5) is 22.3. The summed E-state index contributed by atoms with van der Waals surface area (Å²) in [5, 5.41) is 11.6. The number of anilines is 2. The summed E-state index contributed by atoms with van der Waals surface area (Å²) >= 11 is 1.55. The van der Waals surface area contributed by atoms with E-state index >= 15 is 0 Å². The van der Waals surface area contributed by atoms with E-state index in [9.17, 15) is 4.79 Å². The number of allylic oxidation sites excluding steroid dienone is 1. The van der Waals surface area contributed by atoms with Gasteiger partial charge < -0.3 is 15.4 Å². The zero-order chi connectivity index (χ0) is 21.8. The number of ether oxygens (including phenoxy) is 1. The van der Waals surface area contributed by atoms with Crippen LogP contribution in [-0.4, -0.2) is 38.0 Å². The van der Waals surface area contributed by atoms with Gasteiger partial charge in [0.1, 0.15) is 11.8 Å². The fourth-order valence-electron chi connectivity index (χ4n) is 3.50. The third-order valence-corrected chi connectivity index (χ3v) is 5.51. The Hall–Kier alpha value is -3.33. The normalized spacial score (nSPS) is 15.3. The first kappa shape index (κ1) is 20.9. The van der Waals surface area contributed by atoms with Gasteiger partial charge in [-0.1, -0.05) is 36.9 Å². The molecule has 0 saturated heterocycles. The first-order valence-corrected chi connectivity index (χ1v) is 11.1. The molecule has 1 amide bonds. The Bertz CT molecular complexity index is 1110. The molecular weight excluding hydrogens is 412 g/mol. The Morgan fingerprint density at radius 2 is 2.10 bits per heavy atom. The van der Waals surface area contributed by atoms with Crippen LogP contribution in [0.5, 0.6) is 5.75 Å². The van der Waals surface area contributed by atoms with Gasteiger partial charge in [0, 0.05) is 18.1 Å². The number of rotatable bonds is 7.